The molecule has 0 spiro atoms. The maximum absolute atomic E-state index is 11.6. The first-order valence-corrected chi connectivity index (χ1v) is 6.61. The van der Waals surface area contributed by atoms with E-state index in [0.717, 1.165) is 35.4 Å². The van der Waals surface area contributed by atoms with Crippen LogP contribution in [0.5, 0.6) is 0 Å². The van der Waals surface area contributed by atoms with Crippen molar-refractivity contribution in [1.82, 2.24) is 19.7 Å². The molecule has 6 nitrogen and oxygen atoms in total. The average Bonchev–Trinajstić information content (AvgIpc) is 2.78. The number of amides is 1. The largest absolute Gasteiger partial charge is 0.364 e. The molecular weight excluding hydrogens is 254 g/mol. The first kappa shape index (κ1) is 12.8. The summed E-state index contributed by atoms with van der Waals surface area (Å²) in [5.41, 5.74) is 9.32. The zero-order chi connectivity index (χ0) is 14.5. The number of aryl methyl sites for hydroxylation is 1. The van der Waals surface area contributed by atoms with Gasteiger partial charge < -0.3 is 5.73 Å². The molecule has 0 bridgehead atoms. The van der Waals surface area contributed by atoms with Crippen molar-refractivity contribution in [3.63, 3.8) is 0 Å². The van der Waals surface area contributed by atoms with Crippen LogP contribution in [-0.2, 0) is 18.4 Å². The Morgan fingerprint density at radius 2 is 2.10 bits per heavy atom. The Hall–Kier alpha value is -2.24. The van der Waals surface area contributed by atoms with Crippen LogP contribution in [-0.4, -0.2) is 25.7 Å². The standard InChI is InChI=1S/C14H17N5O/c1-14(2,3)19-12-9(11(18-19)13(15)20)5-4-8-6-16-7-17-10(8)12/h6-7H,4-5H2,1-3H3,(H2,15,20). The van der Waals surface area contributed by atoms with Gasteiger partial charge in [-0.25, -0.2) is 9.97 Å². The number of fused-ring (bicyclic) bond motifs is 3. The lowest BCUT2D eigenvalue weighted by Gasteiger charge is -2.25. The van der Waals surface area contributed by atoms with E-state index in [4.69, 9.17) is 5.73 Å². The third-order valence-electron chi connectivity index (χ3n) is 3.51. The van der Waals surface area contributed by atoms with Crippen LogP contribution < -0.4 is 5.73 Å². The number of aromatic nitrogens is 4. The monoisotopic (exact) mass is 271 g/mol. The van der Waals surface area contributed by atoms with Gasteiger partial charge in [0.25, 0.3) is 5.91 Å². The summed E-state index contributed by atoms with van der Waals surface area (Å²) in [5.74, 6) is -0.484. The Morgan fingerprint density at radius 1 is 1.35 bits per heavy atom. The number of nitrogens with zero attached hydrogens (tertiary/aromatic N) is 4. The molecule has 104 valence electrons. The molecule has 20 heavy (non-hydrogen) atoms. The van der Waals surface area contributed by atoms with Crippen molar-refractivity contribution >= 4 is 5.91 Å². The van der Waals surface area contributed by atoms with Crippen molar-refractivity contribution in [2.75, 3.05) is 0 Å². The molecule has 0 aliphatic heterocycles. The van der Waals surface area contributed by atoms with E-state index in [9.17, 15) is 4.79 Å². The van der Waals surface area contributed by atoms with Crippen LogP contribution in [0.4, 0.5) is 0 Å². The summed E-state index contributed by atoms with van der Waals surface area (Å²) in [6, 6.07) is 0. The van der Waals surface area contributed by atoms with E-state index in [2.05, 4.69) is 15.1 Å². The van der Waals surface area contributed by atoms with Crippen molar-refractivity contribution in [2.24, 2.45) is 5.73 Å². The fraction of sp³-hybridized carbons (Fsp3) is 0.429. The zero-order valence-corrected chi connectivity index (χ0v) is 11.8. The Labute approximate surface area is 117 Å². The van der Waals surface area contributed by atoms with Crippen LogP contribution in [0, 0.1) is 0 Å². The number of carbonyl (C=O) groups is 1. The molecule has 1 aliphatic carbocycles. The fourth-order valence-electron chi connectivity index (χ4n) is 2.63. The van der Waals surface area contributed by atoms with Crippen LogP contribution in [0.2, 0.25) is 0 Å². The highest BCUT2D eigenvalue weighted by atomic mass is 16.1. The van der Waals surface area contributed by atoms with E-state index in [1.807, 2.05) is 31.6 Å². The highest BCUT2D eigenvalue weighted by Crippen LogP contribution is 2.36. The Morgan fingerprint density at radius 3 is 2.75 bits per heavy atom. The molecule has 1 amide bonds. The van der Waals surface area contributed by atoms with Crippen LogP contribution in [0.25, 0.3) is 11.4 Å². The molecule has 0 radical (unpaired) electrons. The van der Waals surface area contributed by atoms with Gasteiger partial charge in [-0.05, 0) is 39.2 Å². The fourth-order valence-corrected chi connectivity index (χ4v) is 2.63. The molecule has 3 rings (SSSR count). The number of hydrogen-bond acceptors (Lipinski definition) is 4. The van der Waals surface area contributed by atoms with Gasteiger partial charge in [0.2, 0.25) is 0 Å². The SMILES string of the molecule is CC(C)(C)n1nc(C(N)=O)c2c1-c1ncncc1CC2. The first-order valence-electron chi connectivity index (χ1n) is 6.61. The highest BCUT2D eigenvalue weighted by Gasteiger charge is 2.32. The Bertz CT molecular complexity index is 696. The first-order chi connectivity index (χ1) is 9.39. The average molecular weight is 271 g/mol. The van der Waals surface area contributed by atoms with Crippen LogP contribution >= 0.6 is 0 Å². The highest BCUT2D eigenvalue weighted by molar-refractivity contribution is 5.94. The minimum Gasteiger partial charge on any atom is -0.364 e. The second-order valence-electron chi connectivity index (χ2n) is 6.02. The molecule has 6 heteroatoms. The summed E-state index contributed by atoms with van der Waals surface area (Å²) in [6.45, 7) is 6.13. The Kier molecular flexibility index (Phi) is 2.64. The van der Waals surface area contributed by atoms with Gasteiger partial charge in [-0.3, -0.25) is 9.48 Å². The lowest BCUT2D eigenvalue weighted by atomic mass is 9.92. The van der Waals surface area contributed by atoms with Crippen LogP contribution in [0.1, 0.15) is 42.4 Å². The Balaban J connectivity index is 2.34. The van der Waals surface area contributed by atoms with Gasteiger partial charge in [-0.15, -0.1) is 0 Å². The number of nitrogens with two attached hydrogens (primary N) is 1. The van der Waals surface area contributed by atoms with E-state index in [-0.39, 0.29) is 5.54 Å². The van der Waals surface area contributed by atoms with Gasteiger partial charge in [0.05, 0.1) is 16.9 Å². The predicted molar refractivity (Wildman–Crippen MR) is 74.2 cm³/mol. The quantitative estimate of drug-likeness (QED) is 0.846. The third-order valence-corrected chi connectivity index (χ3v) is 3.51. The maximum atomic E-state index is 11.6. The van der Waals surface area contributed by atoms with Gasteiger partial charge in [0, 0.05) is 11.8 Å². The molecule has 0 fully saturated rings. The summed E-state index contributed by atoms with van der Waals surface area (Å²) in [6.07, 6.45) is 4.90. The van der Waals surface area contributed by atoms with Crippen LogP contribution in [0.15, 0.2) is 12.5 Å². The topological polar surface area (TPSA) is 86.7 Å². The van der Waals surface area contributed by atoms with Crippen molar-refractivity contribution in [3.05, 3.63) is 29.3 Å². The second-order valence-corrected chi connectivity index (χ2v) is 6.02. The van der Waals surface area contributed by atoms with Crippen molar-refractivity contribution in [3.8, 4) is 11.4 Å². The maximum Gasteiger partial charge on any atom is 0.269 e. The molecule has 0 aromatic carbocycles. The van der Waals surface area contributed by atoms with Crippen molar-refractivity contribution < 1.29 is 4.79 Å². The molecule has 2 N–H and O–H groups in total. The minimum atomic E-state index is -0.484. The minimum absolute atomic E-state index is 0.253. The summed E-state index contributed by atoms with van der Waals surface area (Å²) in [7, 11) is 0. The summed E-state index contributed by atoms with van der Waals surface area (Å²) < 4.78 is 1.85. The molecule has 0 saturated carbocycles. The lowest BCUT2D eigenvalue weighted by molar-refractivity contribution is 0.0993. The molecule has 0 saturated heterocycles. The van der Waals surface area contributed by atoms with Crippen molar-refractivity contribution in [1.29, 1.82) is 0 Å². The third kappa shape index (κ3) is 1.79. The van der Waals surface area contributed by atoms with Gasteiger partial charge in [-0.1, -0.05) is 0 Å². The summed E-state index contributed by atoms with van der Waals surface area (Å²) in [5, 5.41) is 4.44. The molecule has 2 heterocycles. The van der Waals surface area contributed by atoms with Gasteiger partial charge in [0.1, 0.15) is 6.33 Å². The molecule has 0 atom stereocenters. The smallest absolute Gasteiger partial charge is 0.269 e. The lowest BCUT2D eigenvalue weighted by Crippen LogP contribution is -2.25. The van der Waals surface area contributed by atoms with Crippen LogP contribution in [0.3, 0.4) is 0 Å². The normalized spacial score (nSPS) is 13.8. The van der Waals surface area contributed by atoms with Gasteiger partial charge >= 0.3 is 0 Å². The number of primary amides is 1. The molecule has 2 aromatic rings. The number of carbonyl (C=O) groups excluding carboxylic acids is 1. The summed E-state index contributed by atoms with van der Waals surface area (Å²) >= 11 is 0. The zero-order valence-electron chi connectivity index (χ0n) is 11.8. The van der Waals surface area contributed by atoms with E-state index in [0.29, 0.717) is 5.69 Å². The molecule has 1 aliphatic rings. The number of hydrogen-bond donors (Lipinski definition) is 1. The van der Waals surface area contributed by atoms with Gasteiger partial charge in [-0.2, -0.15) is 5.10 Å². The van der Waals surface area contributed by atoms with Gasteiger partial charge in [0.15, 0.2) is 5.69 Å². The van der Waals surface area contributed by atoms with E-state index in [1.54, 1.807) is 0 Å². The summed E-state index contributed by atoms with van der Waals surface area (Å²) in [4.78, 5) is 20.1. The van der Waals surface area contributed by atoms with E-state index in [1.165, 1.54) is 6.33 Å². The molecule has 2 aromatic heterocycles. The molecular formula is C14H17N5O. The van der Waals surface area contributed by atoms with E-state index < -0.39 is 5.91 Å². The van der Waals surface area contributed by atoms with E-state index >= 15 is 0 Å². The second kappa shape index (κ2) is 4.13. The predicted octanol–water partition coefficient (Wildman–Crippen LogP) is 1.29. The van der Waals surface area contributed by atoms with Crippen molar-refractivity contribution in [2.45, 2.75) is 39.2 Å². The molecule has 0 unspecified atom stereocenters. The number of rotatable bonds is 1.